The van der Waals surface area contributed by atoms with Gasteiger partial charge in [0.15, 0.2) is 0 Å². The molecule has 0 aromatic heterocycles. The van der Waals surface area contributed by atoms with E-state index in [0.717, 1.165) is 5.92 Å². The maximum Gasteiger partial charge on any atom is -0.00881 e. The number of rotatable bonds is 0. The Hall–Kier alpha value is -0.260. The lowest BCUT2D eigenvalue weighted by molar-refractivity contribution is 0.188. The Labute approximate surface area is 76.1 Å². The first-order valence-corrected chi connectivity index (χ1v) is 5.43. The van der Waals surface area contributed by atoms with Gasteiger partial charge in [-0.3, -0.25) is 0 Å². The highest BCUT2D eigenvalue weighted by molar-refractivity contribution is 5.20. The molecule has 2 rings (SSSR count). The maximum absolute atomic E-state index is 2.50. The zero-order valence-corrected chi connectivity index (χ0v) is 8.40. The highest BCUT2D eigenvalue weighted by atomic mass is 14.5. The van der Waals surface area contributed by atoms with Crippen LogP contribution in [0.3, 0.4) is 0 Å². The summed E-state index contributed by atoms with van der Waals surface area (Å²) >= 11 is 0. The van der Waals surface area contributed by atoms with E-state index in [1.807, 2.05) is 0 Å². The molecule has 2 aliphatic carbocycles. The Morgan fingerprint density at radius 1 is 1.33 bits per heavy atom. The standard InChI is InChI=1S/C12H20/c1-3-10-7-8-11-6-4-5-9-12(10,11)2/h3,11H,4-9H2,1-2H3/b10-3-/t11-,12+/m0/s1. The van der Waals surface area contributed by atoms with Crippen molar-refractivity contribution >= 4 is 0 Å². The molecule has 2 atom stereocenters. The summed E-state index contributed by atoms with van der Waals surface area (Å²) in [6.45, 7) is 4.72. The lowest BCUT2D eigenvalue weighted by atomic mass is 9.68. The van der Waals surface area contributed by atoms with E-state index in [1.54, 1.807) is 5.57 Å². The summed E-state index contributed by atoms with van der Waals surface area (Å²) in [6.07, 6.45) is 11.1. The molecule has 0 amide bonds. The second-order valence-corrected chi connectivity index (χ2v) is 4.71. The molecule has 0 heterocycles. The van der Waals surface area contributed by atoms with Crippen molar-refractivity contribution in [2.75, 3.05) is 0 Å². The van der Waals surface area contributed by atoms with Gasteiger partial charge in [-0.25, -0.2) is 0 Å². The molecule has 0 bridgehead atoms. The zero-order chi connectivity index (χ0) is 8.60. The quantitative estimate of drug-likeness (QED) is 0.476. The first-order chi connectivity index (χ1) is 5.77. The van der Waals surface area contributed by atoms with Crippen LogP contribution in [-0.4, -0.2) is 0 Å². The fourth-order valence-electron chi connectivity index (χ4n) is 3.38. The number of fused-ring (bicyclic) bond motifs is 1. The van der Waals surface area contributed by atoms with Gasteiger partial charge >= 0.3 is 0 Å². The van der Waals surface area contributed by atoms with Crippen molar-refractivity contribution in [3.63, 3.8) is 0 Å². The van der Waals surface area contributed by atoms with E-state index in [2.05, 4.69) is 19.9 Å². The van der Waals surface area contributed by atoms with Gasteiger partial charge < -0.3 is 0 Å². The van der Waals surface area contributed by atoms with Crippen LogP contribution in [0.15, 0.2) is 11.6 Å². The van der Waals surface area contributed by atoms with Crippen LogP contribution in [0.4, 0.5) is 0 Å². The van der Waals surface area contributed by atoms with E-state index in [9.17, 15) is 0 Å². The molecule has 12 heavy (non-hydrogen) atoms. The van der Waals surface area contributed by atoms with Crippen molar-refractivity contribution < 1.29 is 0 Å². The normalized spacial score (nSPS) is 44.8. The molecular weight excluding hydrogens is 144 g/mol. The molecule has 0 N–H and O–H groups in total. The van der Waals surface area contributed by atoms with Crippen molar-refractivity contribution in [2.45, 2.75) is 52.4 Å². The van der Waals surface area contributed by atoms with Gasteiger partial charge in [0.2, 0.25) is 0 Å². The Bertz CT molecular complexity index is 202. The van der Waals surface area contributed by atoms with Crippen LogP contribution in [-0.2, 0) is 0 Å². The minimum absolute atomic E-state index is 0.618. The van der Waals surface area contributed by atoms with Gasteiger partial charge in [0, 0.05) is 0 Å². The minimum Gasteiger partial charge on any atom is -0.0879 e. The largest absolute Gasteiger partial charge is 0.0879 e. The first-order valence-electron chi connectivity index (χ1n) is 5.43. The number of hydrogen-bond donors (Lipinski definition) is 0. The summed E-state index contributed by atoms with van der Waals surface area (Å²) in [5, 5.41) is 0. The van der Waals surface area contributed by atoms with Crippen molar-refractivity contribution in [1.82, 2.24) is 0 Å². The van der Waals surface area contributed by atoms with Crippen molar-refractivity contribution in [2.24, 2.45) is 11.3 Å². The van der Waals surface area contributed by atoms with Gasteiger partial charge in [-0.2, -0.15) is 0 Å². The van der Waals surface area contributed by atoms with Crippen molar-refractivity contribution in [1.29, 1.82) is 0 Å². The summed E-state index contributed by atoms with van der Waals surface area (Å²) in [4.78, 5) is 0. The molecule has 0 heteroatoms. The third kappa shape index (κ3) is 1.04. The molecule has 0 unspecified atom stereocenters. The van der Waals surface area contributed by atoms with Crippen LogP contribution >= 0.6 is 0 Å². The molecule has 2 saturated carbocycles. The van der Waals surface area contributed by atoms with Gasteiger partial charge in [0.25, 0.3) is 0 Å². The third-order valence-corrected chi connectivity index (χ3v) is 4.24. The van der Waals surface area contributed by atoms with Gasteiger partial charge in [-0.05, 0) is 43.9 Å². The lowest BCUT2D eigenvalue weighted by Crippen LogP contribution is -2.26. The molecule has 0 aromatic rings. The predicted molar refractivity (Wildman–Crippen MR) is 53.1 cm³/mol. The summed E-state index contributed by atoms with van der Waals surface area (Å²) in [5.41, 5.74) is 2.37. The fraction of sp³-hybridized carbons (Fsp3) is 0.833. The van der Waals surface area contributed by atoms with E-state index < -0.39 is 0 Å². The third-order valence-electron chi connectivity index (χ3n) is 4.24. The molecule has 2 fully saturated rings. The summed E-state index contributed by atoms with van der Waals surface area (Å²) in [5.74, 6) is 1.03. The Kier molecular flexibility index (Phi) is 2.02. The molecule has 2 aliphatic rings. The van der Waals surface area contributed by atoms with Gasteiger partial charge in [-0.1, -0.05) is 31.4 Å². The molecule has 0 spiro atoms. The van der Waals surface area contributed by atoms with E-state index >= 15 is 0 Å². The molecule has 68 valence electrons. The van der Waals surface area contributed by atoms with E-state index in [1.165, 1.54) is 38.5 Å². The average Bonchev–Trinajstić information content (AvgIpc) is 2.41. The van der Waals surface area contributed by atoms with Crippen LogP contribution in [0, 0.1) is 11.3 Å². The van der Waals surface area contributed by atoms with E-state index in [-0.39, 0.29) is 0 Å². The zero-order valence-electron chi connectivity index (χ0n) is 8.40. The Morgan fingerprint density at radius 2 is 2.17 bits per heavy atom. The summed E-state index contributed by atoms with van der Waals surface area (Å²) < 4.78 is 0. The minimum atomic E-state index is 0.618. The molecule has 0 aliphatic heterocycles. The highest BCUT2D eigenvalue weighted by Crippen LogP contribution is 2.54. The SMILES string of the molecule is C/C=C1/CC[C@@H]2CCCC[C@]12C. The monoisotopic (exact) mass is 164 g/mol. The van der Waals surface area contributed by atoms with Crippen LogP contribution in [0.2, 0.25) is 0 Å². The Balaban J connectivity index is 2.25. The topological polar surface area (TPSA) is 0 Å². The van der Waals surface area contributed by atoms with Crippen molar-refractivity contribution in [3.05, 3.63) is 11.6 Å². The highest BCUT2D eigenvalue weighted by Gasteiger charge is 2.42. The van der Waals surface area contributed by atoms with Crippen LogP contribution in [0.25, 0.3) is 0 Å². The number of hydrogen-bond acceptors (Lipinski definition) is 0. The smallest absolute Gasteiger partial charge is 0.00881 e. The van der Waals surface area contributed by atoms with Crippen LogP contribution < -0.4 is 0 Å². The molecule has 0 radical (unpaired) electrons. The Morgan fingerprint density at radius 3 is 2.92 bits per heavy atom. The molecule has 0 saturated heterocycles. The van der Waals surface area contributed by atoms with Gasteiger partial charge in [0.05, 0.1) is 0 Å². The van der Waals surface area contributed by atoms with Crippen molar-refractivity contribution in [3.8, 4) is 0 Å². The van der Waals surface area contributed by atoms with Crippen LogP contribution in [0.1, 0.15) is 52.4 Å². The van der Waals surface area contributed by atoms with E-state index in [4.69, 9.17) is 0 Å². The van der Waals surface area contributed by atoms with Gasteiger partial charge in [0.1, 0.15) is 0 Å². The second kappa shape index (κ2) is 2.90. The van der Waals surface area contributed by atoms with Gasteiger partial charge in [-0.15, -0.1) is 0 Å². The lowest BCUT2D eigenvalue weighted by Gasteiger charge is -2.37. The molecule has 0 aromatic carbocycles. The maximum atomic E-state index is 2.50. The molecular formula is C12H20. The fourth-order valence-corrected chi connectivity index (χ4v) is 3.38. The first kappa shape index (κ1) is 8.34. The predicted octanol–water partition coefficient (Wildman–Crippen LogP) is 3.92. The van der Waals surface area contributed by atoms with E-state index in [0.29, 0.717) is 5.41 Å². The number of allylic oxidation sites excluding steroid dienone is 2. The summed E-state index contributed by atoms with van der Waals surface area (Å²) in [7, 11) is 0. The molecule has 0 nitrogen and oxygen atoms in total. The van der Waals surface area contributed by atoms with Crippen LogP contribution in [0.5, 0.6) is 0 Å². The summed E-state index contributed by atoms with van der Waals surface area (Å²) in [6, 6.07) is 0. The average molecular weight is 164 g/mol. The second-order valence-electron chi connectivity index (χ2n) is 4.71.